The average molecular weight is 353 g/mol. The van der Waals surface area contributed by atoms with Crippen LogP contribution in [0.3, 0.4) is 0 Å². The van der Waals surface area contributed by atoms with Gasteiger partial charge in [-0.25, -0.2) is 17.9 Å². The normalized spacial score (nSPS) is 13.1. The maximum Gasteiger partial charge on any atom is 0.251 e. The fraction of sp³-hybridized carbons (Fsp3) is 0.364. The molecule has 1 atom stereocenters. The van der Waals surface area contributed by atoms with E-state index in [-0.39, 0.29) is 16.1 Å². The third kappa shape index (κ3) is 3.99. The van der Waals surface area contributed by atoms with Crippen molar-refractivity contribution in [3.05, 3.63) is 28.0 Å². The number of nitrogens with two attached hydrogens (primary N) is 1. The van der Waals surface area contributed by atoms with Crippen molar-refractivity contribution in [1.29, 1.82) is 0 Å². The summed E-state index contributed by atoms with van der Waals surface area (Å²) in [4.78, 5) is 11.4. The van der Waals surface area contributed by atoms with Crippen molar-refractivity contribution in [2.45, 2.75) is 31.2 Å². The second-order valence-electron chi connectivity index (χ2n) is 4.10. The summed E-state index contributed by atoms with van der Waals surface area (Å²) < 4.78 is 35.9. The number of rotatable bonds is 4. The lowest BCUT2D eigenvalue weighted by atomic mass is 10.2. The quantitative estimate of drug-likeness (QED) is 0.865. The minimum absolute atomic E-state index is 0.0926. The Balaban J connectivity index is 3.25. The Kier molecular flexibility index (Phi) is 5.05. The molecule has 0 spiro atoms. The highest BCUT2D eigenvalue weighted by molar-refractivity contribution is 9.10. The molecule has 19 heavy (non-hydrogen) atoms. The lowest BCUT2D eigenvalue weighted by Gasteiger charge is -2.12. The van der Waals surface area contributed by atoms with Crippen LogP contribution in [0.5, 0.6) is 0 Å². The first kappa shape index (κ1) is 16.1. The van der Waals surface area contributed by atoms with Gasteiger partial charge in [0.2, 0.25) is 10.0 Å². The molecule has 5 nitrogen and oxygen atoms in total. The van der Waals surface area contributed by atoms with Gasteiger partial charge in [-0.05, 0) is 41.4 Å². The smallest absolute Gasteiger partial charge is 0.251 e. The maximum absolute atomic E-state index is 13.6. The standard InChI is InChI=1S/C11H14BrFN2O3S/c1-3-6(2)15-11(16)7-4-8(13)10(12)9(5-7)19(14,17)18/h4-6H,3H2,1-2H3,(H,15,16)(H2,14,17,18). The van der Waals surface area contributed by atoms with Crippen molar-refractivity contribution in [1.82, 2.24) is 5.32 Å². The maximum atomic E-state index is 13.6. The van der Waals surface area contributed by atoms with Gasteiger partial charge in [-0.2, -0.15) is 0 Å². The molecule has 1 amide bonds. The van der Waals surface area contributed by atoms with Crippen molar-refractivity contribution < 1.29 is 17.6 Å². The Morgan fingerprint density at radius 3 is 2.58 bits per heavy atom. The summed E-state index contributed by atoms with van der Waals surface area (Å²) in [5.74, 6) is -1.41. The molecule has 8 heteroatoms. The zero-order chi connectivity index (χ0) is 14.8. The van der Waals surface area contributed by atoms with Gasteiger partial charge in [0.1, 0.15) is 5.82 Å². The van der Waals surface area contributed by atoms with Gasteiger partial charge in [0, 0.05) is 11.6 Å². The van der Waals surface area contributed by atoms with Gasteiger partial charge in [0.15, 0.2) is 0 Å². The molecule has 0 heterocycles. The van der Waals surface area contributed by atoms with E-state index in [0.717, 1.165) is 12.1 Å². The lowest BCUT2D eigenvalue weighted by molar-refractivity contribution is 0.0938. The van der Waals surface area contributed by atoms with Crippen LogP contribution in [-0.2, 0) is 10.0 Å². The second-order valence-corrected chi connectivity index (χ2v) is 6.42. The molecule has 1 rings (SSSR count). The number of sulfonamides is 1. The number of hydrogen-bond donors (Lipinski definition) is 2. The van der Waals surface area contributed by atoms with Crippen LogP contribution in [0.25, 0.3) is 0 Å². The third-order valence-electron chi connectivity index (χ3n) is 2.55. The Labute approximate surface area is 119 Å². The molecule has 0 radical (unpaired) electrons. The molecule has 0 bridgehead atoms. The predicted molar refractivity (Wildman–Crippen MR) is 72.7 cm³/mol. The van der Waals surface area contributed by atoms with E-state index >= 15 is 0 Å². The molecular formula is C11H14BrFN2O3S. The summed E-state index contributed by atoms with van der Waals surface area (Å²) in [6.07, 6.45) is 0.701. The first-order valence-electron chi connectivity index (χ1n) is 5.49. The highest BCUT2D eigenvalue weighted by Crippen LogP contribution is 2.25. The van der Waals surface area contributed by atoms with Gasteiger partial charge in [0.25, 0.3) is 5.91 Å². The molecule has 1 unspecified atom stereocenters. The molecule has 0 aliphatic rings. The summed E-state index contributed by atoms with van der Waals surface area (Å²) in [5, 5.41) is 7.58. The highest BCUT2D eigenvalue weighted by atomic mass is 79.9. The van der Waals surface area contributed by atoms with Crippen molar-refractivity contribution in [3.8, 4) is 0 Å². The van der Waals surface area contributed by atoms with E-state index in [1.165, 1.54) is 0 Å². The fourth-order valence-electron chi connectivity index (χ4n) is 1.31. The number of primary sulfonamides is 1. The molecule has 1 aromatic rings. The topological polar surface area (TPSA) is 89.3 Å². The fourth-order valence-corrected chi connectivity index (χ4v) is 2.86. The van der Waals surface area contributed by atoms with Gasteiger partial charge in [-0.3, -0.25) is 4.79 Å². The summed E-state index contributed by atoms with van der Waals surface area (Å²) >= 11 is 2.80. The summed E-state index contributed by atoms with van der Waals surface area (Å²) in [7, 11) is -4.11. The van der Waals surface area contributed by atoms with Crippen LogP contribution in [0.1, 0.15) is 30.6 Å². The van der Waals surface area contributed by atoms with Crippen LogP contribution in [0.4, 0.5) is 4.39 Å². The lowest BCUT2D eigenvalue weighted by Crippen LogP contribution is -2.32. The Morgan fingerprint density at radius 1 is 1.53 bits per heavy atom. The van der Waals surface area contributed by atoms with Crippen molar-refractivity contribution in [2.24, 2.45) is 5.14 Å². The van der Waals surface area contributed by atoms with Crippen LogP contribution in [0.2, 0.25) is 0 Å². The molecule has 0 aromatic heterocycles. The van der Waals surface area contributed by atoms with E-state index in [2.05, 4.69) is 21.2 Å². The van der Waals surface area contributed by atoms with Gasteiger partial charge >= 0.3 is 0 Å². The number of carbonyl (C=O) groups excluding carboxylic acids is 1. The summed E-state index contributed by atoms with van der Waals surface area (Å²) in [5.41, 5.74) is -0.0926. The second kappa shape index (κ2) is 5.98. The van der Waals surface area contributed by atoms with E-state index in [1.54, 1.807) is 6.92 Å². The Hall–Kier alpha value is -0.990. The number of amides is 1. The van der Waals surface area contributed by atoms with E-state index < -0.39 is 26.6 Å². The van der Waals surface area contributed by atoms with Gasteiger partial charge in [-0.15, -0.1) is 0 Å². The first-order chi connectivity index (χ1) is 8.66. The number of nitrogens with one attached hydrogen (secondary N) is 1. The van der Waals surface area contributed by atoms with Gasteiger partial charge in [0.05, 0.1) is 9.37 Å². The Morgan fingerprint density at radius 2 is 2.11 bits per heavy atom. The molecule has 0 fully saturated rings. The monoisotopic (exact) mass is 352 g/mol. The summed E-state index contributed by atoms with van der Waals surface area (Å²) in [6, 6.07) is 1.90. The molecule has 0 saturated heterocycles. The zero-order valence-corrected chi connectivity index (χ0v) is 12.8. The van der Waals surface area contributed by atoms with E-state index in [4.69, 9.17) is 5.14 Å². The number of benzene rings is 1. The van der Waals surface area contributed by atoms with E-state index in [9.17, 15) is 17.6 Å². The summed E-state index contributed by atoms with van der Waals surface area (Å²) in [6.45, 7) is 3.66. The molecular weight excluding hydrogens is 339 g/mol. The van der Waals surface area contributed by atoms with Crippen LogP contribution in [0, 0.1) is 5.82 Å². The van der Waals surface area contributed by atoms with Crippen molar-refractivity contribution in [3.63, 3.8) is 0 Å². The van der Waals surface area contributed by atoms with Crippen LogP contribution in [0.15, 0.2) is 21.5 Å². The number of hydrogen-bond acceptors (Lipinski definition) is 3. The average Bonchev–Trinajstić information content (AvgIpc) is 2.30. The molecule has 0 aliphatic carbocycles. The highest BCUT2D eigenvalue weighted by Gasteiger charge is 2.20. The van der Waals surface area contributed by atoms with Crippen LogP contribution in [-0.4, -0.2) is 20.4 Å². The largest absolute Gasteiger partial charge is 0.350 e. The van der Waals surface area contributed by atoms with Crippen molar-refractivity contribution in [2.75, 3.05) is 0 Å². The minimum atomic E-state index is -4.11. The first-order valence-corrected chi connectivity index (χ1v) is 7.83. The minimum Gasteiger partial charge on any atom is -0.350 e. The molecule has 0 aliphatic heterocycles. The predicted octanol–water partition coefficient (Wildman–Crippen LogP) is 1.76. The SMILES string of the molecule is CCC(C)NC(=O)c1cc(F)c(Br)c(S(N)(=O)=O)c1. The van der Waals surface area contributed by atoms with E-state index in [0.29, 0.717) is 6.42 Å². The number of halogens is 2. The Bertz CT molecular complexity index is 604. The van der Waals surface area contributed by atoms with Crippen LogP contribution < -0.4 is 10.5 Å². The van der Waals surface area contributed by atoms with Crippen molar-refractivity contribution >= 4 is 31.9 Å². The molecule has 0 saturated carbocycles. The zero-order valence-electron chi connectivity index (χ0n) is 10.4. The molecule has 1 aromatic carbocycles. The van der Waals surface area contributed by atoms with Gasteiger partial charge in [-0.1, -0.05) is 6.92 Å². The third-order valence-corrected chi connectivity index (χ3v) is 4.56. The molecule has 106 valence electrons. The van der Waals surface area contributed by atoms with Crippen LogP contribution >= 0.6 is 15.9 Å². The molecule has 3 N–H and O–H groups in total. The van der Waals surface area contributed by atoms with Gasteiger partial charge < -0.3 is 5.32 Å². The van der Waals surface area contributed by atoms with E-state index in [1.807, 2.05) is 6.92 Å². The number of carbonyl (C=O) groups is 1.